The second-order valence-corrected chi connectivity index (χ2v) is 3.46. The molecule has 0 bridgehead atoms. The van der Waals surface area contributed by atoms with Crippen molar-refractivity contribution in [2.24, 2.45) is 0 Å². The molecule has 0 aliphatic rings. The van der Waals surface area contributed by atoms with Crippen molar-refractivity contribution in [3.63, 3.8) is 0 Å². The maximum atomic E-state index is 8.42. The van der Waals surface area contributed by atoms with E-state index in [0.717, 1.165) is 0 Å². The molecular weight excluding hydrogens is 839 g/mol. The van der Waals surface area contributed by atoms with Crippen LogP contribution in [0.25, 0.3) is 0 Å². The van der Waals surface area contributed by atoms with Crippen LogP contribution in [-0.4, -0.2) is 87.9 Å². The molecule has 0 saturated heterocycles. The van der Waals surface area contributed by atoms with Gasteiger partial charge in [0.15, 0.2) is 0 Å². The topological polar surface area (TPSA) is 830 Å². The zero-order valence-electron chi connectivity index (χ0n) is 35.6. The first kappa shape index (κ1) is 87.9. The smallest absolute Gasteiger partial charge is 1.00 e. The molecule has 0 aromatic heterocycles. The molecule has 36 nitrogen and oxygen atoms in total. The standard InChI is InChI=1S/12BO3.Cs.H/c12*2-1(3)4;;/q12*-3;+1;-1/p+12. The van der Waals surface area contributed by atoms with E-state index < -0.39 is 87.9 Å². The zero-order valence-corrected chi connectivity index (χ0v) is 28.9. The van der Waals surface area contributed by atoms with E-state index in [1.54, 1.807) is 0 Å². The maximum Gasteiger partial charge on any atom is 1.00 e. The quantitative estimate of drug-likeness (QED) is 0.204. The van der Waals surface area contributed by atoms with Crippen molar-refractivity contribution in [1.29, 1.82) is 0 Å². The summed E-state index contributed by atoms with van der Waals surface area (Å²) in [5.41, 5.74) is 0. The molecule has 0 radical (unpaired) electrons. The van der Waals surface area contributed by atoms with Crippen LogP contribution in [-0.2, 0) is 0 Å². The summed E-state index contributed by atoms with van der Waals surface area (Å²) in [4.78, 5) is 0. The van der Waals surface area contributed by atoms with Crippen molar-refractivity contribution in [1.82, 2.24) is 0 Å². The summed E-state index contributed by atoms with van der Waals surface area (Å²) in [6.45, 7) is 0. The van der Waals surface area contributed by atoms with E-state index in [1.807, 2.05) is 0 Å². The van der Waals surface area contributed by atoms with Gasteiger partial charge in [0, 0.05) is 0 Å². The van der Waals surface area contributed by atoms with Gasteiger partial charge in [-0.1, -0.05) is 0 Å². The third-order valence-electron chi connectivity index (χ3n) is 0. The van der Waals surface area contributed by atoms with Crippen LogP contribution in [0.15, 0.2) is 0 Å². The number of hydrogen-bond donors (Lipinski definition) is 0. The number of hydrogen-bond acceptors (Lipinski definition) is 36. The SMILES string of the molecule is [Cs+].[H+].[H+].[H+].[H+].[H+].[H+].[H+].[H+].[H+].[H+].[H+].[H+].[H-].[O-]B([O-])[O-].[O-]B([O-])[O-].[O-]B([O-])[O-].[O-]B([O-])[O-].[O-]B([O-])[O-].[O-]B([O-])[O-].[O-]B([O-])[O-].[O-]B([O-])[O-].[O-]B([O-])[O-].[O-]B([O-])[O-].[O-]B([O-])[O-].[O-]B([O-])[O-]. The van der Waals surface area contributed by atoms with Crippen LogP contribution in [0.2, 0.25) is 0 Å². The molecule has 0 aliphatic carbocycles. The zero-order chi connectivity index (χ0) is 42.9. The first-order chi connectivity index (χ1) is 20.8. The van der Waals surface area contributed by atoms with Gasteiger partial charge in [0.05, 0.1) is 0 Å². The van der Waals surface area contributed by atoms with Gasteiger partial charge in [0.2, 0.25) is 0 Å². The van der Waals surface area contributed by atoms with Crippen LogP contribution in [0.5, 0.6) is 0 Å². The van der Waals surface area contributed by atoms with Crippen molar-refractivity contribution in [3.8, 4) is 0 Å². The molecule has 0 unspecified atom stereocenters. The Morgan fingerprint density at radius 2 is 0.143 bits per heavy atom. The second kappa shape index (κ2) is 82.7. The van der Waals surface area contributed by atoms with E-state index in [0.29, 0.717) is 0 Å². The van der Waals surface area contributed by atoms with Crippen LogP contribution >= 0.6 is 0 Å². The summed E-state index contributed by atoms with van der Waals surface area (Å²) >= 11 is 0. The van der Waals surface area contributed by atoms with E-state index in [-0.39, 0.29) is 87.4 Å². The molecule has 0 atom stereocenters. The Labute approximate surface area is 354 Å². The molecule has 49 heavy (non-hydrogen) atoms. The van der Waals surface area contributed by atoms with Gasteiger partial charge in [-0.25, -0.2) is 0 Å². The Bertz CT molecular complexity index is 278. The molecule has 0 rings (SSSR count). The minimum atomic E-state index is -2.92. The molecule has 0 heterocycles. The normalized spacial score (nSPS) is 6.61. The molecule has 0 aliphatic heterocycles. The van der Waals surface area contributed by atoms with E-state index in [1.165, 1.54) is 0 Å². The molecule has 0 aromatic rings. The van der Waals surface area contributed by atoms with Crippen LogP contribution in [0.3, 0.4) is 0 Å². The van der Waals surface area contributed by atoms with E-state index in [9.17, 15) is 0 Å². The third-order valence-corrected chi connectivity index (χ3v) is 0. The predicted molar refractivity (Wildman–Crippen MR) is 83.5 cm³/mol. The van der Waals surface area contributed by atoms with Gasteiger partial charge in [0.1, 0.15) is 0 Å². The Balaban J connectivity index is -0.00000000931. The maximum absolute atomic E-state index is 8.42. The second-order valence-electron chi connectivity index (χ2n) is 3.46. The largest absolute Gasteiger partial charge is 1.00 e. The Morgan fingerprint density at radius 1 is 0.143 bits per heavy atom. The van der Waals surface area contributed by atoms with E-state index >= 15 is 0 Å². The minimum absolute atomic E-state index is 0. The molecule has 290 valence electrons. The van der Waals surface area contributed by atoms with Gasteiger partial charge in [-0.3, -0.25) is 87.9 Å². The molecule has 0 amide bonds. The van der Waals surface area contributed by atoms with Crippen molar-refractivity contribution < 1.29 is 268 Å². The summed E-state index contributed by atoms with van der Waals surface area (Å²) in [6.07, 6.45) is 0. The monoisotopic (exact) mass is 854 g/mol. The van der Waals surface area contributed by atoms with Gasteiger partial charge >= 0.3 is 86.0 Å². The average Bonchev–Trinajstić information content (AvgIpc) is 2.61. The van der Waals surface area contributed by atoms with Crippen LogP contribution < -0.4 is 250 Å². The van der Waals surface area contributed by atoms with Gasteiger partial charge < -0.3 is 182 Å². The molecule has 0 saturated carbocycles. The van der Waals surface area contributed by atoms with Crippen LogP contribution in [0, 0.1) is 0 Å². The summed E-state index contributed by atoms with van der Waals surface area (Å²) in [7, 11) is -35.0. The van der Waals surface area contributed by atoms with Crippen LogP contribution in [0.1, 0.15) is 18.5 Å². The summed E-state index contributed by atoms with van der Waals surface area (Å²) in [6, 6.07) is 0. The van der Waals surface area contributed by atoms with Gasteiger partial charge in [-0.15, -0.1) is 0 Å². The third kappa shape index (κ3) is 57300. The van der Waals surface area contributed by atoms with E-state index in [2.05, 4.69) is 0 Å². The van der Waals surface area contributed by atoms with Gasteiger partial charge in [0.25, 0.3) is 0 Å². The fraction of sp³-hybridized carbons (Fsp3) is 0. The van der Waals surface area contributed by atoms with E-state index in [4.69, 9.17) is 181 Å². The van der Waals surface area contributed by atoms with Crippen molar-refractivity contribution in [3.05, 3.63) is 0 Å². The summed E-state index contributed by atoms with van der Waals surface area (Å²) in [5.74, 6) is 0. The number of rotatable bonds is 0. The fourth-order valence-electron chi connectivity index (χ4n) is 0. The van der Waals surface area contributed by atoms with Gasteiger partial charge in [-0.05, 0) is 0 Å². The fourth-order valence-corrected chi connectivity index (χ4v) is 0. The summed E-state index contributed by atoms with van der Waals surface area (Å²) < 4.78 is 0. The van der Waals surface area contributed by atoms with Crippen molar-refractivity contribution in [2.45, 2.75) is 0 Å². The van der Waals surface area contributed by atoms with Crippen molar-refractivity contribution >= 4 is 87.9 Å². The molecule has 49 heteroatoms. The van der Waals surface area contributed by atoms with Gasteiger partial charge in [-0.2, -0.15) is 0 Å². The summed E-state index contributed by atoms with van der Waals surface area (Å²) in [5, 5.41) is 303. The first-order valence-corrected chi connectivity index (χ1v) is 8.49. The molecular formula is H13B12CsO36-24. The Morgan fingerprint density at radius 3 is 0.143 bits per heavy atom. The molecule has 0 N–H and O–H groups in total. The first-order valence-electron chi connectivity index (χ1n) is 8.49. The van der Waals surface area contributed by atoms with Crippen LogP contribution in [0.4, 0.5) is 0 Å². The Hall–Kier alpha value is 1.39. The molecule has 0 aromatic carbocycles. The average molecular weight is 852 g/mol. The van der Waals surface area contributed by atoms with Crippen molar-refractivity contribution in [2.75, 3.05) is 0 Å². The predicted octanol–water partition coefficient (Wildman–Crippen LogP) is -48.9. The molecule has 0 fully saturated rings. The minimum Gasteiger partial charge on any atom is -1.00 e. The Kier molecular flexibility index (Phi) is 148. The molecule has 0 spiro atoms.